The van der Waals surface area contributed by atoms with Gasteiger partial charge < -0.3 is 5.11 Å². The third-order valence-corrected chi connectivity index (χ3v) is 5.95. The van der Waals surface area contributed by atoms with Crippen LogP contribution in [0.25, 0.3) is 10.2 Å². The van der Waals surface area contributed by atoms with Gasteiger partial charge in [0, 0.05) is 4.88 Å². The molecule has 0 aliphatic rings. The number of aryl methyl sites for hydroxylation is 1. The molecule has 0 amide bonds. The van der Waals surface area contributed by atoms with Crippen molar-refractivity contribution in [2.45, 2.75) is 22.0 Å². The Morgan fingerprint density at radius 2 is 2.00 bits per heavy atom. The Morgan fingerprint density at radius 3 is 2.75 bits per heavy atom. The van der Waals surface area contributed by atoms with Crippen LogP contribution in [-0.4, -0.2) is 21.0 Å². The molecule has 0 radical (unpaired) electrons. The molecule has 0 saturated heterocycles. The van der Waals surface area contributed by atoms with E-state index in [-0.39, 0.29) is 6.42 Å². The lowest BCUT2D eigenvalue weighted by molar-refractivity contribution is -0.136. The van der Waals surface area contributed by atoms with Crippen LogP contribution in [0.15, 0.2) is 32.9 Å². The Labute approximate surface area is 127 Å². The van der Waals surface area contributed by atoms with Gasteiger partial charge in [0.05, 0.1) is 22.3 Å². The van der Waals surface area contributed by atoms with Gasteiger partial charge in [0.25, 0.3) is 0 Å². The van der Waals surface area contributed by atoms with Crippen LogP contribution in [0.4, 0.5) is 0 Å². The molecular formula is C13H10N2O2S3. The first-order valence-electron chi connectivity index (χ1n) is 5.83. The van der Waals surface area contributed by atoms with Crippen molar-refractivity contribution in [2.24, 2.45) is 0 Å². The molecule has 0 bridgehead atoms. The van der Waals surface area contributed by atoms with Crippen molar-refractivity contribution in [3.8, 4) is 0 Å². The molecule has 2 heterocycles. The second kappa shape index (κ2) is 5.51. The van der Waals surface area contributed by atoms with Crippen LogP contribution in [0.5, 0.6) is 0 Å². The van der Waals surface area contributed by atoms with E-state index in [1.165, 1.54) is 23.1 Å². The average Bonchev–Trinajstić information content (AvgIpc) is 2.92. The summed E-state index contributed by atoms with van der Waals surface area (Å²) < 4.78 is 2.92. The van der Waals surface area contributed by atoms with Gasteiger partial charge in [-0.3, -0.25) is 4.79 Å². The summed E-state index contributed by atoms with van der Waals surface area (Å²) in [7, 11) is 0. The molecule has 102 valence electrons. The van der Waals surface area contributed by atoms with E-state index in [9.17, 15) is 4.79 Å². The number of carbonyl (C=O) groups is 1. The third-order valence-electron chi connectivity index (χ3n) is 2.63. The molecule has 3 aromatic rings. The molecule has 0 aliphatic heterocycles. The summed E-state index contributed by atoms with van der Waals surface area (Å²) in [5, 5.41) is 8.85. The summed E-state index contributed by atoms with van der Waals surface area (Å²) >= 11 is 4.55. The van der Waals surface area contributed by atoms with Crippen molar-refractivity contribution in [3.63, 3.8) is 0 Å². The smallest absolute Gasteiger partial charge is 0.308 e. The molecule has 1 aromatic carbocycles. The zero-order chi connectivity index (χ0) is 14.1. The zero-order valence-electron chi connectivity index (χ0n) is 10.5. The summed E-state index contributed by atoms with van der Waals surface area (Å²) in [5.74, 6) is -0.826. The Balaban J connectivity index is 1.85. The number of rotatable bonds is 4. The first-order chi connectivity index (χ1) is 9.61. The fraction of sp³-hybridized carbons (Fsp3) is 0.154. The lowest BCUT2D eigenvalue weighted by Crippen LogP contribution is -1.99. The van der Waals surface area contributed by atoms with Crippen LogP contribution >= 0.6 is 34.4 Å². The molecule has 7 heteroatoms. The Morgan fingerprint density at radius 1 is 1.25 bits per heavy atom. The van der Waals surface area contributed by atoms with E-state index in [0.717, 1.165) is 29.5 Å². The fourth-order valence-corrected chi connectivity index (χ4v) is 5.21. The number of carboxylic acid groups (broad SMARTS) is 1. The van der Waals surface area contributed by atoms with E-state index < -0.39 is 5.97 Å². The molecule has 4 nitrogen and oxygen atoms in total. The van der Waals surface area contributed by atoms with Gasteiger partial charge in [-0.15, -0.1) is 22.7 Å². The van der Waals surface area contributed by atoms with Gasteiger partial charge in [-0.05, 0) is 30.8 Å². The minimum atomic E-state index is -0.826. The Kier molecular flexibility index (Phi) is 3.73. The van der Waals surface area contributed by atoms with Gasteiger partial charge in [0.15, 0.2) is 8.68 Å². The number of thiazole rings is 2. The van der Waals surface area contributed by atoms with Gasteiger partial charge in [0.1, 0.15) is 0 Å². The second-order valence-corrected chi connectivity index (χ2v) is 7.72. The maximum Gasteiger partial charge on any atom is 0.308 e. The molecule has 0 spiro atoms. The van der Waals surface area contributed by atoms with Crippen LogP contribution < -0.4 is 0 Å². The maximum absolute atomic E-state index is 10.8. The monoisotopic (exact) mass is 322 g/mol. The van der Waals surface area contributed by atoms with E-state index in [1.54, 1.807) is 11.3 Å². The van der Waals surface area contributed by atoms with E-state index in [4.69, 9.17) is 5.11 Å². The maximum atomic E-state index is 10.8. The molecule has 0 saturated carbocycles. The highest BCUT2D eigenvalue weighted by Gasteiger charge is 2.13. The SMILES string of the molecule is Cc1nc(Sc2nc3ccccc3s2)sc1CC(=O)O. The lowest BCUT2D eigenvalue weighted by atomic mass is 10.3. The van der Waals surface area contributed by atoms with Crippen LogP contribution in [0.2, 0.25) is 0 Å². The second-order valence-electron chi connectivity index (χ2n) is 4.11. The Hall–Kier alpha value is -1.44. The summed E-state index contributed by atoms with van der Waals surface area (Å²) in [6.45, 7) is 1.84. The third kappa shape index (κ3) is 2.84. The molecular weight excluding hydrogens is 312 g/mol. The van der Waals surface area contributed by atoms with E-state index in [2.05, 4.69) is 9.97 Å². The fourth-order valence-electron chi connectivity index (χ4n) is 1.72. The van der Waals surface area contributed by atoms with Crippen LogP contribution in [0, 0.1) is 6.92 Å². The summed E-state index contributed by atoms with van der Waals surface area (Å²) in [6.07, 6.45) is 0.0317. The predicted octanol–water partition coefficient (Wildman–Crippen LogP) is 3.84. The molecule has 0 aliphatic carbocycles. The Bertz CT molecular complexity index is 746. The zero-order valence-corrected chi connectivity index (χ0v) is 12.9. The number of para-hydroxylation sites is 1. The summed E-state index contributed by atoms with van der Waals surface area (Å²) in [4.78, 5) is 20.5. The lowest BCUT2D eigenvalue weighted by Gasteiger charge is -1.89. The molecule has 0 atom stereocenters. The van der Waals surface area contributed by atoms with E-state index in [0.29, 0.717) is 0 Å². The number of carboxylic acids is 1. The number of aliphatic carboxylic acids is 1. The van der Waals surface area contributed by atoms with Gasteiger partial charge in [-0.25, -0.2) is 9.97 Å². The van der Waals surface area contributed by atoms with Crippen LogP contribution in [0.1, 0.15) is 10.6 Å². The van der Waals surface area contributed by atoms with Crippen LogP contribution in [0.3, 0.4) is 0 Å². The molecule has 0 unspecified atom stereocenters. The molecule has 20 heavy (non-hydrogen) atoms. The van der Waals surface area contributed by atoms with Crippen molar-refractivity contribution in [3.05, 3.63) is 34.8 Å². The summed E-state index contributed by atoms with van der Waals surface area (Å²) in [5.41, 5.74) is 1.78. The highest BCUT2D eigenvalue weighted by atomic mass is 32.2. The number of benzene rings is 1. The van der Waals surface area contributed by atoms with E-state index >= 15 is 0 Å². The first kappa shape index (κ1) is 13.5. The number of nitrogens with zero attached hydrogens (tertiary/aromatic N) is 2. The number of fused-ring (bicyclic) bond motifs is 1. The van der Waals surface area contributed by atoms with Crippen molar-refractivity contribution < 1.29 is 9.90 Å². The molecule has 0 fully saturated rings. The van der Waals surface area contributed by atoms with Crippen molar-refractivity contribution in [1.82, 2.24) is 9.97 Å². The van der Waals surface area contributed by atoms with E-state index in [1.807, 2.05) is 31.2 Å². The highest BCUT2D eigenvalue weighted by Crippen LogP contribution is 2.37. The molecule has 3 rings (SSSR count). The number of aromatic nitrogens is 2. The molecule has 2 aromatic heterocycles. The van der Waals surface area contributed by atoms with Crippen molar-refractivity contribution in [1.29, 1.82) is 0 Å². The number of hydrogen-bond acceptors (Lipinski definition) is 6. The minimum Gasteiger partial charge on any atom is -0.481 e. The average molecular weight is 322 g/mol. The predicted molar refractivity (Wildman–Crippen MR) is 81.9 cm³/mol. The van der Waals surface area contributed by atoms with Gasteiger partial charge in [-0.2, -0.15) is 0 Å². The topological polar surface area (TPSA) is 63.1 Å². The van der Waals surface area contributed by atoms with Crippen LogP contribution in [-0.2, 0) is 11.2 Å². The van der Waals surface area contributed by atoms with Gasteiger partial charge in [-0.1, -0.05) is 12.1 Å². The molecule has 1 N–H and O–H groups in total. The van der Waals surface area contributed by atoms with Crippen molar-refractivity contribution >= 4 is 50.6 Å². The van der Waals surface area contributed by atoms with Gasteiger partial charge >= 0.3 is 5.97 Å². The highest BCUT2D eigenvalue weighted by molar-refractivity contribution is 8.02. The van der Waals surface area contributed by atoms with Crippen molar-refractivity contribution in [2.75, 3.05) is 0 Å². The van der Waals surface area contributed by atoms with Gasteiger partial charge in [0.2, 0.25) is 0 Å². The standard InChI is InChI=1S/C13H10N2O2S3/c1-7-10(6-11(16)17)19-12(14-7)20-13-15-8-4-2-3-5-9(8)18-13/h2-5H,6H2,1H3,(H,16,17). The quantitative estimate of drug-likeness (QED) is 0.790. The summed E-state index contributed by atoms with van der Waals surface area (Å²) in [6, 6.07) is 7.99. The first-order valence-corrected chi connectivity index (χ1v) is 8.28. The normalized spacial score (nSPS) is 11.1. The minimum absolute atomic E-state index is 0.0317. The largest absolute Gasteiger partial charge is 0.481 e. The number of hydrogen-bond donors (Lipinski definition) is 1.